The van der Waals surface area contributed by atoms with E-state index in [0.29, 0.717) is 0 Å². The summed E-state index contributed by atoms with van der Waals surface area (Å²) in [5.74, 6) is 2.57. The summed E-state index contributed by atoms with van der Waals surface area (Å²) < 4.78 is 1.10. The Morgan fingerprint density at radius 1 is 0.903 bits per heavy atom. The molecule has 2 nitrogen and oxygen atoms in total. The molecule has 158 valence electrons. The van der Waals surface area contributed by atoms with E-state index >= 15 is 0 Å². The molecule has 0 atom stereocenters. The molecule has 2 aromatic heterocycles. The van der Waals surface area contributed by atoms with E-state index in [2.05, 4.69) is 52.3 Å². The molecule has 0 radical (unpaired) electrons. The zero-order valence-corrected chi connectivity index (χ0v) is 21.5. The number of hydrogen-bond donors (Lipinski definition) is 0. The van der Waals surface area contributed by atoms with E-state index in [9.17, 15) is 0 Å². The fourth-order valence-electron chi connectivity index (χ4n) is 3.75. The molecule has 4 aromatic rings. The molecule has 7 heteroatoms. The highest BCUT2D eigenvalue weighted by Gasteiger charge is 2.21. The zero-order chi connectivity index (χ0) is 21.2. The standard InChI is InChI=1S/C24H20BrClN2S3/c25-16-7-11-18(12-8-16)29-14-21-27-23(30-13-15-5-9-17(26)10-6-15)22-19-3-1-2-4-20(19)31-24(22)28-21/h5-12H,1-4,13-14H2. The maximum absolute atomic E-state index is 6.06. The number of aromatic nitrogens is 2. The summed E-state index contributed by atoms with van der Waals surface area (Å²) in [6.07, 6.45) is 4.88. The van der Waals surface area contributed by atoms with E-state index in [1.165, 1.54) is 45.5 Å². The van der Waals surface area contributed by atoms with E-state index < -0.39 is 0 Å². The predicted molar refractivity (Wildman–Crippen MR) is 139 cm³/mol. The number of nitrogens with zero attached hydrogens (tertiary/aromatic N) is 2. The van der Waals surface area contributed by atoms with Crippen LogP contribution in [0.1, 0.15) is 34.7 Å². The minimum atomic E-state index is 0.772. The van der Waals surface area contributed by atoms with Crippen molar-refractivity contribution in [1.82, 2.24) is 9.97 Å². The van der Waals surface area contributed by atoms with Crippen LogP contribution in [-0.4, -0.2) is 9.97 Å². The Balaban J connectivity index is 1.45. The minimum Gasteiger partial charge on any atom is -0.225 e. The van der Waals surface area contributed by atoms with Crippen molar-refractivity contribution < 1.29 is 0 Å². The lowest BCUT2D eigenvalue weighted by Gasteiger charge is -2.12. The van der Waals surface area contributed by atoms with Crippen LogP contribution in [0.15, 0.2) is 62.9 Å². The Morgan fingerprint density at radius 3 is 2.48 bits per heavy atom. The Bertz CT molecular complexity index is 1210. The van der Waals surface area contributed by atoms with E-state index in [4.69, 9.17) is 21.6 Å². The van der Waals surface area contributed by atoms with E-state index in [-0.39, 0.29) is 0 Å². The lowest BCUT2D eigenvalue weighted by molar-refractivity contribution is 0.699. The van der Waals surface area contributed by atoms with Crippen molar-refractivity contribution in [3.63, 3.8) is 0 Å². The van der Waals surface area contributed by atoms with Crippen LogP contribution < -0.4 is 0 Å². The van der Waals surface area contributed by atoms with Crippen molar-refractivity contribution in [3.05, 3.63) is 79.9 Å². The number of thioether (sulfide) groups is 2. The normalized spacial score (nSPS) is 13.5. The van der Waals surface area contributed by atoms with Crippen LogP contribution in [0.4, 0.5) is 0 Å². The van der Waals surface area contributed by atoms with Gasteiger partial charge in [0.1, 0.15) is 15.7 Å². The molecule has 0 spiro atoms. The number of hydrogen-bond acceptors (Lipinski definition) is 5. The number of thiophene rings is 1. The summed E-state index contributed by atoms with van der Waals surface area (Å²) in [4.78, 5) is 13.9. The van der Waals surface area contributed by atoms with Crippen LogP contribution in [0, 0.1) is 0 Å². The van der Waals surface area contributed by atoms with Crippen LogP contribution in [0.2, 0.25) is 5.02 Å². The van der Waals surface area contributed by atoms with Gasteiger partial charge in [0, 0.05) is 30.4 Å². The number of rotatable bonds is 6. The van der Waals surface area contributed by atoms with Gasteiger partial charge in [0.2, 0.25) is 0 Å². The zero-order valence-electron chi connectivity index (χ0n) is 16.7. The summed E-state index contributed by atoms with van der Waals surface area (Å²) in [5, 5.41) is 3.21. The lowest BCUT2D eigenvalue weighted by Crippen LogP contribution is -2.00. The van der Waals surface area contributed by atoms with Crippen LogP contribution >= 0.6 is 62.4 Å². The smallest absolute Gasteiger partial charge is 0.141 e. The minimum absolute atomic E-state index is 0.772. The summed E-state index contributed by atoms with van der Waals surface area (Å²) in [7, 11) is 0. The molecular formula is C24H20BrClN2S3. The third-order valence-corrected chi connectivity index (χ3v) is 9.32. The second-order valence-corrected chi connectivity index (χ2v) is 11.9. The van der Waals surface area contributed by atoms with Crippen LogP contribution in [-0.2, 0) is 24.3 Å². The van der Waals surface area contributed by atoms with Gasteiger partial charge in [-0.05, 0) is 73.2 Å². The highest BCUT2D eigenvalue weighted by Crippen LogP contribution is 2.41. The molecular weight excluding hydrogens is 528 g/mol. The van der Waals surface area contributed by atoms with Gasteiger partial charge < -0.3 is 0 Å². The fraction of sp³-hybridized carbons (Fsp3) is 0.250. The largest absolute Gasteiger partial charge is 0.225 e. The first-order valence-corrected chi connectivity index (χ1v) is 14.2. The average molecular weight is 548 g/mol. The van der Waals surface area contributed by atoms with Crippen molar-refractivity contribution in [2.45, 2.75) is 47.1 Å². The molecule has 1 aliphatic rings. The SMILES string of the molecule is Clc1ccc(CSc2nc(CSc3ccc(Br)cc3)nc3sc4c(c23)CCCC4)cc1. The number of fused-ring (bicyclic) bond motifs is 3. The van der Waals surface area contributed by atoms with Gasteiger partial charge in [-0.3, -0.25) is 0 Å². The number of benzene rings is 2. The van der Waals surface area contributed by atoms with Gasteiger partial charge in [0.15, 0.2) is 0 Å². The first kappa shape index (κ1) is 21.8. The van der Waals surface area contributed by atoms with Gasteiger partial charge in [0.25, 0.3) is 0 Å². The third-order valence-electron chi connectivity index (χ3n) is 5.30. The molecule has 0 saturated heterocycles. The monoisotopic (exact) mass is 546 g/mol. The van der Waals surface area contributed by atoms with Gasteiger partial charge in [-0.25, -0.2) is 9.97 Å². The van der Waals surface area contributed by atoms with E-state index in [0.717, 1.165) is 43.1 Å². The molecule has 0 N–H and O–H groups in total. The summed E-state index contributed by atoms with van der Waals surface area (Å²) in [6.45, 7) is 0. The maximum Gasteiger partial charge on any atom is 0.141 e. The summed E-state index contributed by atoms with van der Waals surface area (Å²) in [5.41, 5.74) is 2.76. The quantitative estimate of drug-likeness (QED) is 0.178. The highest BCUT2D eigenvalue weighted by atomic mass is 79.9. The first-order valence-electron chi connectivity index (χ1n) is 10.2. The van der Waals surface area contributed by atoms with Gasteiger partial charge in [-0.1, -0.05) is 39.7 Å². The highest BCUT2D eigenvalue weighted by molar-refractivity contribution is 9.10. The second-order valence-electron chi connectivity index (χ2n) is 7.49. The number of aryl methyl sites for hydroxylation is 2. The van der Waals surface area contributed by atoms with Gasteiger partial charge in [0.05, 0.1) is 5.75 Å². The molecule has 0 aliphatic heterocycles. The molecule has 5 rings (SSSR count). The first-order chi connectivity index (χ1) is 15.2. The van der Waals surface area contributed by atoms with Crippen LogP contribution in [0.25, 0.3) is 10.2 Å². The van der Waals surface area contributed by atoms with Gasteiger partial charge >= 0.3 is 0 Å². The van der Waals surface area contributed by atoms with Gasteiger partial charge in [-0.15, -0.1) is 34.9 Å². The Hall–Kier alpha value is -1.05. The van der Waals surface area contributed by atoms with Crippen LogP contribution in [0.3, 0.4) is 0 Å². The lowest BCUT2D eigenvalue weighted by atomic mass is 9.97. The maximum atomic E-state index is 6.06. The third kappa shape index (κ3) is 5.14. The van der Waals surface area contributed by atoms with Gasteiger partial charge in [-0.2, -0.15) is 0 Å². The van der Waals surface area contributed by atoms with Crippen molar-refractivity contribution in [1.29, 1.82) is 0 Å². The molecule has 2 aromatic carbocycles. The molecule has 31 heavy (non-hydrogen) atoms. The van der Waals surface area contributed by atoms with Crippen molar-refractivity contribution >= 4 is 72.6 Å². The molecule has 2 heterocycles. The van der Waals surface area contributed by atoms with Crippen molar-refractivity contribution in [2.24, 2.45) is 0 Å². The molecule has 0 fully saturated rings. The van der Waals surface area contributed by atoms with Crippen molar-refractivity contribution in [3.8, 4) is 0 Å². The van der Waals surface area contributed by atoms with Crippen LogP contribution in [0.5, 0.6) is 0 Å². The molecule has 0 amide bonds. The van der Waals surface area contributed by atoms with E-state index in [1.54, 1.807) is 11.8 Å². The van der Waals surface area contributed by atoms with E-state index in [1.807, 2.05) is 35.2 Å². The Labute approximate surface area is 208 Å². The van der Waals surface area contributed by atoms with Crippen molar-refractivity contribution in [2.75, 3.05) is 0 Å². The predicted octanol–water partition coefficient (Wildman–Crippen LogP) is 8.57. The average Bonchev–Trinajstić information content (AvgIpc) is 3.17. The molecule has 0 saturated carbocycles. The Kier molecular flexibility index (Phi) is 6.91. The summed E-state index contributed by atoms with van der Waals surface area (Å²) >= 11 is 15.0. The molecule has 0 bridgehead atoms. The topological polar surface area (TPSA) is 25.8 Å². The fourth-order valence-corrected chi connectivity index (χ4v) is 7.26. The summed E-state index contributed by atoms with van der Waals surface area (Å²) in [6, 6.07) is 16.5. The molecule has 0 unspecified atom stereocenters. The number of halogens is 2. The second kappa shape index (κ2) is 9.84. The Morgan fingerprint density at radius 2 is 1.68 bits per heavy atom. The molecule has 1 aliphatic carbocycles.